The van der Waals surface area contributed by atoms with Crippen LogP contribution in [0.5, 0.6) is 0 Å². The first-order chi connectivity index (χ1) is 12.2. The molecule has 1 heterocycles. The fourth-order valence-electron chi connectivity index (χ4n) is 3.02. The number of amides is 2. The average molecular weight is 337 g/mol. The van der Waals surface area contributed by atoms with Gasteiger partial charge in [-0.05, 0) is 50.2 Å². The fraction of sp³-hybridized carbons (Fsp3) is 0.300. The van der Waals surface area contributed by atoms with Gasteiger partial charge in [-0.1, -0.05) is 36.8 Å². The maximum Gasteiger partial charge on any atom is 0.257 e. The van der Waals surface area contributed by atoms with Crippen molar-refractivity contribution < 1.29 is 9.59 Å². The predicted molar refractivity (Wildman–Crippen MR) is 99.8 cm³/mol. The Balaban J connectivity index is 1.65. The van der Waals surface area contributed by atoms with Crippen molar-refractivity contribution in [2.75, 3.05) is 30.3 Å². The number of anilines is 2. The van der Waals surface area contributed by atoms with Crippen molar-refractivity contribution in [3.05, 3.63) is 60.2 Å². The molecular formula is C20H23N3O2. The summed E-state index contributed by atoms with van der Waals surface area (Å²) in [6.07, 6.45) is 3.52. The molecule has 5 heteroatoms. The van der Waals surface area contributed by atoms with Crippen LogP contribution in [-0.2, 0) is 4.79 Å². The van der Waals surface area contributed by atoms with E-state index in [-0.39, 0.29) is 11.8 Å². The molecule has 0 aliphatic carbocycles. The van der Waals surface area contributed by atoms with E-state index in [0.29, 0.717) is 17.8 Å². The van der Waals surface area contributed by atoms with Crippen LogP contribution in [0.3, 0.4) is 0 Å². The smallest absolute Gasteiger partial charge is 0.257 e. The second-order valence-electron chi connectivity index (χ2n) is 6.25. The second-order valence-corrected chi connectivity index (χ2v) is 6.25. The van der Waals surface area contributed by atoms with Gasteiger partial charge in [0.25, 0.3) is 5.91 Å². The molecule has 0 bridgehead atoms. The highest BCUT2D eigenvalue weighted by molar-refractivity contribution is 6.10. The highest BCUT2D eigenvalue weighted by Crippen LogP contribution is 2.18. The molecule has 25 heavy (non-hydrogen) atoms. The number of hydrogen-bond acceptors (Lipinski definition) is 3. The topological polar surface area (TPSA) is 61.4 Å². The first-order valence-corrected chi connectivity index (χ1v) is 8.70. The normalized spacial score (nSPS) is 14.7. The minimum atomic E-state index is -0.236. The van der Waals surface area contributed by atoms with Crippen LogP contribution in [0.1, 0.15) is 29.6 Å². The van der Waals surface area contributed by atoms with Gasteiger partial charge >= 0.3 is 0 Å². The standard InChI is InChI=1S/C20H23N3O2/c24-19(15-23-13-7-2-8-14-23)22-18-12-6-5-11-17(18)20(25)21-16-9-3-1-4-10-16/h1,3-6,9-12H,2,7-8,13-15H2,(H,21,25)(H,22,24). The summed E-state index contributed by atoms with van der Waals surface area (Å²) in [5.74, 6) is -0.318. The van der Waals surface area contributed by atoms with Crippen molar-refractivity contribution >= 4 is 23.2 Å². The number of carbonyl (C=O) groups is 2. The van der Waals surface area contributed by atoms with Crippen molar-refractivity contribution in [1.82, 2.24) is 4.90 Å². The van der Waals surface area contributed by atoms with Crippen molar-refractivity contribution in [2.45, 2.75) is 19.3 Å². The quantitative estimate of drug-likeness (QED) is 0.879. The number of likely N-dealkylation sites (tertiary alicyclic amines) is 1. The van der Waals surface area contributed by atoms with E-state index in [0.717, 1.165) is 31.6 Å². The minimum absolute atomic E-state index is 0.0816. The summed E-state index contributed by atoms with van der Waals surface area (Å²) < 4.78 is 0. The largest absolute Gasteiger partial charge is 0.324 e. The van der Waals surface area contributed by atoms with Gasteiger partial charge in [-0.25, -0.2) is 0 Å². The monoisotopic (exact) mass is 337 g/mol. The first-order valence-electron chi connectivity index (χ1n) is 8.70. The van der Waals surface area contributed by atoms with Gasteiger partial charge in [0.05, 0.1) is 17.8 Å². The molecule has 2 amide bonds. The Morgan fingerprint density at radius 3 is 2.28 bits per heavy atom. The molecule has 1 saturated heterocycles. The van der Waals surface area contributed by atoms with E-state index in [1.807, 2.05) is 36.4 Å². The van der Waals surface area contributed by atoms with Gasteiger partial charge in [0, 0.05) is 5.69 Å². The summed E-state index contributed by atoms with van der Waals surface area (Å²) in [5, 5.41) is 5.74. The van der Waals surface area contributed by atoms with Crippen molar-refractivity contribution in [3.8, 4) is 0 Å². The molecule has 0 atom stereocenters. The summed E-state index contributed by atoms with van der Waals surface area (Å²) in [4.78, 5) is 27.0. The summed E-state index contributed by atoms with van der Waals surface area (Å²) in [7, 11) is 0. The Hall–Kier alpha value is -2.66. The molecule has 0 unspecified atom stereocenters. The Labute approximate surface area is 148 Å². The summed E-state index contributed by atoms with van der Waals surface area (Å²) in [6, 6.07) is 16.4. The maximum absolute atomic E-state index is 12.5. The zero-order valence-corrected chi connectivity index (χ0v) is 14.2. The van der Waals surface area contributed by atoms with Crippen molar-refractivity contribution in [2.24, 2.45) is 0 Å². The van der Waals surface area contributed by atoms with E-state index in [9.17, 15) is 9.59 Å². The average Bonchev–Trinajstić information content (AvgIpc) is 2.63. The van der Waals surface area contributed by atoms with Crippen LogP contribution in [0.25, 0.3) is 0 Å². The molecule has 0 spiro atoms. The van der Waals surface area contributed by atoms with Crippen LogP contribution in [0.15, 0.2) is 54.6 Å². The molecule has 0 aromatic heterocycles. The lowest BCUT2D eigenvalue weighted by Gasteiger charge is -2.25. The molecule has 5 nitrogen and oxygen atoms in total. The summed E-state index contributed by atoms with van der Waals surface area (Å²) in [6.45, 7) is 2.29. The van der Waals surface area contributed by atoms with Crippen LogP contribution in [-0.4, -0.2) is 36.3 Å². The third-order valence-corrected chi connectivity index (χ3v) is 4.29. The molecule has 2 aromatic rings. The van der Waals surface area contributed by atoms with Gasteiger partial charge in [0.2, 0.25) is 5.91 Å². The molecule has 130 valence electrons. The number of benzene rings is 2. The molecule has 3 rings (SSSR count). The van der Waals surface area contributed by atoms with Crippen LogP contribution >= 0.6 is 0 Å². The fourth-order valence-corrected chi connectivity index (χ4v) is 3.02. The van der Waals surface area contributed by atoms with Crippen LogP contribution < -0.4 is 10.6 Å². The third-order valence-electron chi connectivity index (χ3n) is 4.29. The highest BCUT2D eigenvalue weighted by atomic mass is 16.2. The Kier molecular flexibility index (Phi) is 5.80. The number of carbonyl (C=O) groups excluding carboxylic acids is 2. The van der Waals surface area contributed by atoms with Crippen LogP contribution in [0.2, 0.25) is 0 Å². The molecule has 2 N–H and O–H groups in total. The van der Waals surface area contributed by atoms with Crippen LogP contribution in [0, 0.1) is 0 Å². The number of hydrogen-bond donors (Lipinski definition) is 2. The summed E-state index contributed by atoms with van der Waals surface area (Å²) in [5.41, 5.74) is 1.72. The second kappa shape index (κ2) is 8.44. The molecule has 0 saturated carbocycles. The number of nitrogens with one attached hydrogen (secondary N) is 2. The first kappa shape index (κ1) is 17.2. The van der Waals surface area contributed by atoms with Crippen molar-refractivity contribution in [3.63, 3.8) is 0 Å². The lowest BCUT2D eigenvalue weighted by atomic mass is 10.1. The van der Waals surface area contributed by atoms with Gasteiger partial charge in [-0.3, -0.25) is 14.5 Å². The number of para-hydroxylation sites is 2. The number of rotatable bonds is 5. The molecule has 2 aromatic carbocycles. The van der Waals surface area contributed by atoms with Crippen LogP contribution in [0.4, 0.5) is 11.4 Å². The third kappa shape index (κ3) is 4.90. The number of piperidine rings is 1. The lowest BCUT2D eigenvalue weighted by molar-refractivity contribution is -0.117. The highest BCUT2D eigenvalue weighted by Gasteiger charge is 2.16. The van der Waals surface area contributed by atoms with E-state index in [4.69, 9.17) is 0 Å². The van der Waals surface area contributed by atoms with Gasteiger partial charge in [0.1, 0.15) is 0 Å². The Morgan fingerprint density at radius 1 is 0.840 bits per heavy atom. The predicted octanol–water partition coefficient (Wildman–Crippen LogP) is 3.36. The zero-order chi connectivity index (χ0) is 17.5. The van der Waals surface area contributed by atoms with E-state index >= 15 is 0 Å². The minimum Gasteiger partial charge on any atom is -0.324 e. The van der Waals surface area contributed by atoms with E-state index < -0.39 is 0 Å². The molecular weight excluding hydrogens is 314 g/mol. The van der Waals surface area contributed by atoms with Crippen molar-refractivity contribution in [1.29, 1.82) is 0 Å². The van der Waals surface area contributed by atoms with E-state index in [2.05, 4.69) is 15.5 Å². The Morgan fingerprint density at radius 2 is 1.52 bits per heavy atom. The van der Waals surface area contributed by atoms with Gasteiger partial charge in [-0.2, -0.15) is 0 Å². The Bertz CT molecular complexity index is 725. The molecule has 1 fully saturated rings. The lowest BCUT2D eigenvalue weighted by Crippen LogP contribution is -2.37. The molecule has 1 aliphatic rings. The van der Waals surface area contributed by atoms with Gasteiger partial charge in [0.15, 0.2) is 0 Å². The number of nitrogens with zero attached hydrogens (tertiary/aromatic N) is 1. The molecule has 0 radical (unpaired) electrons. The summed E-state index contributed by atoms with van der Waals surface area (Å²) >= 11 is 0. The van der Waals surface area contributed by atoms with Gasteiger partial charge < -0.3 is 10.6 Å². The maximum atomic E-state index is 12.5. The molecule has 1 aliphatic heterocycles. The SMILES string of the molecule is O=C(CN1CCCCC1)Nc1ccccc1C(=O)Nc1ccccc1. The van der Waals surface area contributed by atoms with E-state index in [1.165, 1.54) is 6.42 Å². The van der Waals surface area contributed by atoms with E-state index in [1.54, 1.807) is 18.2 Å². The zero-order valence-electron chi connectivity index (χ0n) is 14.2. The van der Waals surface area contributed by atoms with Gasteiger partial charge in [-0.15, -0.1) is 0 Å².